The first-order valence-electron chi connectivity index (χ1n) is 3.48. The summed E-state index contributed by atoms with van der Waals surface area (Å²) in [6.45, 7) is 0. The summed E-state index contributed by atoms with van der Waals surface area (Å²) >= 11 is 0. The number of hydrogen-bond donors (Lipinski definition) is 2. The summed E-state index contributed by atoms with van der Waals surface area (Å²) in [7, 11) is -4.13. The molecule has 0 saturated carbocycles. The molecule has 2 aromatic rings. The Bertz CT molecular complexity index is 549. The van der Waals surface area contributed by atoms with Crippen molar-refractivity contribution in [1.82, 2.24) is 9.97 Å². The molecule has 2 N–H and O–H groups in total. The van der Waals surface area contributed by atoms with Crippen LogP contribution in [-0.2, 0) is 10.1 Å². The molecule has 0 amide bonds. The summed E-state index contributed by atoms with van der Waals surface area (Å²) < 4.78 is 30.2. The van der Waals surface area contributed by atoms with E-state index in [4.69, 9.17) is 4.55 Å². The first-order chi connectivity index (χ1) is 6.07. The number of aromatic nitrogens is 2. The van der Waals surface area contributed by atoms with Crippen molar-refractivity contribution in [3.05, 3.63) is 24.5 Å². The predicted molar refractivity (Wildman–Crippen MR) is 53.1 cm³/mol. The topological polar surface area (TPSA) is 83.0 Å². The zero-order valence-corrected chi connectivity index (χ0v) is 7.25. The number of rotatable bonds is 1. The van der Waals surface area contributed by atoms with Crippen molar-refractivity contribution in [1.29, 1.82) is 0 Å². The quantitative estimate of drug-likeness (QED) is 0.532. The predicted octanol–water partition coefficient (Wildman–Crippen LogP) is 0.161. The minimum absolute atomic E-state index is 0. The van der Waals surface area contributed by atoms with Crippen molar-refractivity contribution in [2.24, 2.45) is 0 Å². The fourth-order valence-corrected chi connectivity index (χ4v) is 1.57. The maximum absolute atomic E-state index is 10.7. The summed E-state index contributed by atoms with van der Waals surface area (Å²) in [5.74, 6) is 0. The van der Waals surface area contributed by atoms with Crippen molar-refractivity contribution in [2.45, 2.75) is 4.90 Å². The molecule has 1 aromatic heterocycles. The molecule has 0 spiro atoms. The SMILES string of the molecule is O=S(=O)(O)c1ccc2[nH]cnc2c1.[NaH]. The zero-order valence-electron chi connectivity index (χ0n) is 6.43. The van der Waals surface area contributed by atoms with Gasteiger partial charge in [0.1, 0.15) is 0 Å². The van der Waals surface area contributed by atoms with Crippen molar-refractivity contribution in [3.63, 3.8) is 0 Å². The second-order valence-corrected chi connectivity index (χ2v) is 3.98. The Hall–Kier alpha value is -0.400. The van der Waals surface area contributed by atoms with E-state index in [1.807, 2.05) is 0 Å². The van der Waals surface area contributed by atoms with Crippen LogP contribution >= 0.6 is 0 Å². The van der Waals surface area contributed by atoms with Crippen LogP contribution in [0.25, 0.3) is 11.0 Å². The molecular formula is C7H7N2NaO3S. The van der Waals surface area contributed by atoms with E-state index in [9.17, 15) is 8.42 Å². The van der Waals surface area contributed by atoms with E-state index in [1.54, 1.807) is 6.07 Å². The van der Waals surface area contributed by atoms with Gasteiger partial charge in [0.05, 0.1) is 22.3 Å². The normalized spacial score (nSPS) is 11.2. The molecule has 2 rings (SSSR count). The van der Waals surface area contributed by atoms with Crippen LogP contribution in [0.5, 0.6) is 0 Å². The molecule has 0 bridgehead atoms. The second kappa shape index (κ2) is 4.00. The fourth-order valence-electron chi connectivity index (χ4n) is 1.07. The van der Waals surface area contributed by atoms with E-state index in [-0.39, 0.29) is 34.5 Å². The Kier molecular flexibility index (Phi) is 3.33. The van der Waals surface area contributed by atoms with Crippen LogP contribution in [0.15, 0.2) is 29.4 Å². The van der Waals surface area contributed by atoms with E-state index in [2.05, 4.69) is 9.97 Å². The molecule has 70 valence electrons. The van der Waals surface area contributed by atoms with Gasteiger partial charge in [0.2, 0.25) is 0 Å². The Labute approximate surface area is 103 Å². The minimum atomic E-state index is -4.13. The fraction of sp³-hybridized carbons (Fsp3) is 0. The second-order valence-electron chi connectivity index (χ2n) is 2.56. The van der Waals surface area contributed by atoms with Gasteiger partial charge < -0.3 is 4.98 Å². The van der Waals surface area contributed by atoms with E-state index in [0.717, 1.165) is 5.52 Å². The number of nitrogens with one attached hydrogen (secondary N) is 1. The molecule has 1 aromatic carbocycles. The van der Waals surface area contributed by atoms with Crippen molar-refractivity contribution < 1.29 is 13.0 Å². The van der Waals surface area contributed by atoms with Gasteiger partial charge in [-0.1, -0.05) is 0 Å². The van der Waals surface area contributed by atoms with Gasteiger partial charge in [-0.15, -0.1) is 0 Å². The molecule has 0 fully saturated rings. The first-order valence-corrected chi connectivity index (χ1v) is 4.92. The number of nitrogens with zero attached hydrogens (tertiary/aromatic N) is 1. The van der Waals surface area contributed by atoms with Crippen LogP contribution in [0.1, 0.15) is 0 Å². The van der Waals surface area contributed by atoms with Crippen molar-refractivity contribution in [3.8, 4) is 0 Å². The molecule has 7 heteroatoms. The Balaban J connectivity index is 0.000000980. The van der Waals surface area contributed by atoms with E-state index < -0.39 is 10.1 Å². The molecule has 0 aliphatic carbocycles. The Morgan fingerprint density at radius 1 is 1.36 bits per heavy atom. The van der Waals surface area contributed by atoms with E-state index in [0.29, 0.717) is 5.52 Å². The molecular weight excluding hydrogens is 215 g/mol. The number of hydrogen-bond acceptors (Lipinski definition) is 3. The van der Waals surface area contributed by atoms with Gasteiger partial charge in [0.25, 0.3) is 10.1 Å². The summed E-state index contributed by atoms with van der Waals surface area (Å²) in [5.41, 5.74) is 1.24. The summed E-state index contributed by atoms with van der Waals surface area (Å²) in [4.78, 5) is 6.53. The van der Waals surface area contributed by atoms with Gasteiger partial charge in [-0.2, -0.15) is 8.42 Å². The van der Waals surface area contributed by atoms with Gasteiger partial charge in [0.15, 0.2) is 0 Å². The molecule has 0 aliphatic rings. The monoisotopic (exact) mass is 222 g/mol. The van der Waals surface area contributed by atoms with E-state index >= 15 is 0 Å². The third-order valence-corrected chi connectivity index (χ3v) is 2.54. The Morgan fingerprint density at radius 2 is 2.07 bits per heavy atom. The number of fused-ring (bicyclic) bond motifs is 1. The van der Waals surface area contributed by atoms with Crippen LogP contribution in [0.2, 0.25) is 0 Å². The summed E-state index contributed by atoms with van der Waals surface area (Å²) in [5, 5.41) is 0. The molecule has 0 aliphatic heterocycles. The first kappa shape index (κ1) is 11.7. The maximum atomic E-state index is 10.7. The van der Waals surface area contributed by atoms with Gasteiger partial charge in [-0.05, 0) is 18.2 Å². The summed E-state index contributed by atoms with van der Waals surface area (Å²) in [6.07, 6.45) is 1.46. The molecule has 0 saturated heterocycles. The van der Waals surface area contributed by atoms with E-state index in [1.165, 1.54) is 18.5 Å². The van der Waals surface area contributed by atoms with Gasteiger partial charge in [-0.3, -0.25) is 4.55 Å². The summed E-state index contributed by atoms with van der Waals surface area (Å²) in [6, 6.07) is 4.17. The molecule has 0 atom stereocenters. The van der Waals surface area contributed by atoms with Crippen LogP contribution in [0.3, 0.4) is 0 Å². The van der Waals surface area contributed by atoms with Gasteiger partial charge in [-0.25, -0.2) is 4.98 Å². The van der Waals surface area contributed by atoms with Crippen molar-refractivity contribution >= 4 is 50.7 Å². The van der Waals surface area contributed by atoms with Crippen LogP contribution in [-0.4, -0.2) is 52.5 Å². The molecule has 14 heavy (non-hydrogen) atoms. The standard InChI is InChI=1S/C7H6N2O3S.Na.H/c10-13(11,12)5-1-2-6-7(3-5)9-4-8-6;;/h1-4H,(H,8,9)(H,10,11,12);;. The van der Waals surface area contributed by atoms with Gasteiger partial charge in [0, 0.05) is 0 Å². The molecule has 1 heterocycles. The number of H-pyrrole nitrogens is 1. The molecule has 5 nitrogen and oxygen atoms in total. The number of imidazole rings is 1. The average Bonchev–Trinajstić information content (AvgIpc) is 2.47. The average molecular weight is 222 g/mol. The van der Waals surface area contributed by atoms with Crippen LogP contribution in [0, 0.1) is 0 Å². The number of benzene rings is 1. The third kappa shape index (κ3) is 2.15. The molecule has 0 unspecified atom stereocenters. The number of aromatic amines is 1. The van der Waals surface area contributed by atoms with Crippen LogP contribution in [0.4, 0.5) is 0 Å². The third-order valence-electron chi connectivity index (χ3n) is 1.69. The zero-order chi connectivity index (χ0) is 9.47. The van der Waals surface area contributed by atoms with Crippen LogP contribution < -0.4 is 0 Å². The Morgan fingerprint density at radius 3 is 2.71 bits per heavy atom. The molecule has 0 radical (unpaired) electrons. The van der Waals surface area contributed by atoms with Crippen molar-refractivity contribution in [2.75, 3.05) is 0 Å². The van der Waals surface area contributed by atoms with Gasteiger partial charge >= 0.3 is 29.6 Å².